The lowest BCUT2D eigenvalue weighted by atomic mass is 10.1. The summed E-state index contributed by atoms with van der Waals surface area (Å²) in [6.45, 7) is 5.62. The zero-order valence-corrected chi connectivity index (χ0v) is 10.3. The first-order valence-electron chi connectivity index (χ1n) is 5.64. The first kappa shape index (κ1) is 11.6. The number of para-hydroxylation sites is 1. The van der Waals surface area contributed by atoms with Gasteiger partial charge in [-0.05, 0) is 12.1 Å². The van der Waals surface area contributed by atoms with E-state index in [2.05, 4.69) is 4.98 Å². The van der Waals surface area contributed by atoms with Gasteiger partial charge in [0.1, 0.15) is 5.69 Å². The van der Waals surface area contributed by atoms with Crippen LogP contribution in [0.15, 0.2) is 36.4 Å². The first-order valence-corrected chi connectivity index (χ1v) is 5.64. The van der Waals surface area contributed by atoms with Gasteiger partial charge in [-0.15, -0.1) is 0 Å². The van der Waals surface area contributed by atoms with E-state index in [1.165, 1.54) is 6.21 Å². The molecule has 3 heteroatoms. The predicted octanol–water partition coefficient (Wildman–Crippen LogP) is 2.96. The lowest BCUT2D eigenvalue weighted by molar-refractivity contribution is -0.530. The Morgan fingerprint density at radius 1 is 1.12 bits per heavy atom. The van der Waals surface area contributed by atoms with E-state index < -0.39 is 5.54 Å². The second kappa shape index (κ2) is 4.17. The van der Waals surface area contributed by atoms with Crippen LogP contribution in [0.1, 0.15) is 26.5 Å². The molecule has 0 spiro atoms. The van der Waals surface area contributed by atoms with E-state index in [9.17, 15) is 5.21 Å². The Bertz CT molecular complexity index is 568. The largest absolute Gasteiger partial charge is 0.623 e. The molecule has 17 heavy (non-hydrogen) atoms. The van der Waals surface area contributed by atoms with Crippen molar-refractivity contribution in [3.8, 4) is 0 Å². The number of benzene rings is 1. The quantitative estimate of drug-likeness (QED) is 0.326. The van der Waals surface area contributed by atoms with Gasteiger partial charge in [0, 0.05) is 26.2 Å². The van der Waals surface area contributed by atoms with Crippen molar-refractivity contribution in [3.05, 3.63) is 47.3 Å². The first-order chi connectivity index (χ1) is 7.97. The van der Waals surface area contributed by atoms with Gasteiger partial charge in [0.2, 0.25) is 6.21 Å². The third-order valence-electron chi connectivity index (χ3n) is 2.53. The van der Waals surface area contributed by atoms with Crippen molar-refractivity contribution in [1.29, 1.82) is 0 Å². The van der Waals surface area contributed by atoms with Gasteiger partial charge >= 0.3 is 0 Å². The van der Waals surface area contributed by atoms with Gasteiger partial charge < -0.3 is 5.21 Å². The zero-order valence-electron chi connectivity index (χ0n) is 10.3. The predicted molar refractivity (Wildman–Crippen MR) is 70.3 cm³/mol. The van der Waals surface area contributed by atoms with Crippen molar-refractivity contribution in [2.75, 3.05) is 0 Å². The molecule has 2 rings (SSSR count). The number of hydroxylamine groups is 1. The van der Waals surface area contributed by atoms with Crippen LogP contribution in [0, 0.1) is 5.21 Å². The number of hydrogen-bond acceptors (Lipinski definition) is 2. The summed E-state index contributed by atoms with van der Waals surface area (Å²) in [7, 11) is 0. The third-order valence-corrected chi connectivity index (χ3v) is 2.53. The molecule has 1 heterocycles. The van der Waals surface area contributed by atoms with E-state index in [0.29, 0.717) is 5.69 Å². The van der Waals surface area contributed by atoms with E-state index in [4.69, 9.17) is 0 Å². The van der Waals surface area contributed by atoms with Crippen LogP contribution in [0.25, 0.3) is 10.9 Å². The summed E-state index contributed by atoms with van der Waals surface area (Å²) in [5.74, 6) is 0. The number of hydrogen-bond donors (Lipinski definition) is 0. The molecule has 0 radical (unpaired) electrons. The van der Waals surface area contributed by atoms with Gasteiger partial charge in [-0.25, -0.2) is 9.72 Å². The van der Waals surface area contributed by atoms with Gasteiger partial charge in [-0.3, -0.25) is 0 Å². The highest BCUT2D eigenvalue weighted by molar-refractivity contribution is 5.83. The van der Waals surface area contributed by atoms with Crippen molar-refractivity contribution in [3.63, 3.8) is 0 Å². The number of rotatable bonds is 1. The Balaban J connectivity index is 2.44. The van der Waals surface area contributed by atoms with Crippen molar-refractivity contribution in [2.24, 2.45) is 0 Å². The van der Waals surface area contributed by atoms with E-state index in [-0.39, 0.29) is 0 Å². The molecule has 0 atom stereocenters. The van der Waals surface area contributed by atoms with Crippen LogP contribution in [0.4, 0.5) is 0 Å². The van der Waals surface area contributed by atoms with E-state index >= 15 is 0 Å². The van der Waals surface area contributed by atoms with Crippen LogP contribution >= 0.6 is 0 Å². The summed E-state index contributed by atoms with van der Waals surface area (Å²) in [5.41, 5.74) is 1.16. The standard InChI is InChI=1S/C14H16N2O/c1-14(2,3)16(17)10-12-9-8-11-6-4-5-7-13(11)15-12/h4-10H,1-3H3/b16-10-. The maximum Gasteiger partial charge on any atom is 0.200 e. The summed E-state index contributed by atoms with van der Waals surface area (Å²) in [6, 6.07) is 11.7. The fraction of sp³-hybridized carbons (Fsp3) is 0.286. The highest BCUT2D eigenvalue weighted by Crippen LogP contribution is 2.11. The van der Waals surface area contributed by atoms with Crippen LogP contribution in [0.2, 0.25) is 0 Å². The van der Waals surface area contributed by atoms with E-state index in [1.54, 1.807) is 0 Å². The minimum Gasteiger partial charge on any atom is -0.623 e. The highest BCUT2D eigenvalue weighted by atomic mass is 16.5. The molecule has 0 fully saturated rings. The molecule has 0 bridgehead atoms. The molecule has 0 aliphatic heterocycles. The summed E-state index contributed by atoms with van der Waals surface area (Å²) in [6.07, 6.45) is 1.53. The van der Waals surface area contributed by atoms with Crippen LogP contribution < -0.4 is 0 Å². The monoisotopic (exact) mass is 228 g/mol. The summed E-state index contributed by atoms with van der Waals surface area (Å²) in [5, 5.41) is 12.9. The third kappa shape index (κ3) is 2.61. The van der Waals surface area contributed by atoms with Gasteiger partial charge in [0.05, 0.1) is 5.52 Å². The van der Waals surface area contributed by atoms with Crippen LogP contribution in [0.3, 0.4) is 0 Å². The number of fused-ring (bicyclic) bond motifs is 1. The highest BCUT2D eigenvalue weighted by Gasteiger charge is 2.18. The van der Waals surface area contributed by atoms with Crippen LogP contribution in [-0.2, 0) is 0 Å². The molecule has 1 aromatic carbocycles. The number of pyridine rings is 1. The molecule has 0 N–H and O–H groups in total. The SMILES string of the molecule is CC(C)(C)/[N+]([O-])=C/c1ccc2ccccc2n1. The lowest BCUT2D eigenvalue weighted by Gasteiger charge is -2.18. The van der Waals surface area contributed by atoms with Gasteiger partial charge in [-0.1, -0.05) is 24.3 Å². The fourth-order valence-corrected chi connectivity index (χ4v) is 1.47. The Kier molecular flexibility index (Phi) is 2.84. The molecular weight excluding hydrogens is 212 g/mol. The molecule has 0 amide bonds. The number of nitrogens with zero attached hydrogens (tertiary/aromatic N) is 2. The fourth-order valence-electron chi connectivity index (χ4n) is 1.47. The molecule has 0 aliphatic rings. The van der Waals surface area contributed by atoms with Crippen LogP contribution in [-0.4, -0.2) is 21.5 Å². The Labute approximate surface area is 101 Å². The lowest BCUT2D eigenvalue weighted by Crippen LogP contribution is -2.29. The van der Waals surface area contributed by atoms with E-state index in [0.717, 1.165) is 15.6 Å². The zero-order chi connectivity index (χ0) is 12.5. The normalized spacial score (nSPS) is 13.0. The topological polar surface area (TPSA) is 39.0 Å². The Hall–Kier alpha value is -1.90. The number of aromatic nitrogens is 1. The maximum absolute atomic E-state index is 11.8. The molecule has 0 unspecified atom stereocenters. The minimum absolute atomic E-state index is 0.437. The Morgan fingerprint density at radius 2 is 1.82 bits per heavy atom. The average Bonchev–Trinajstić information content (AvgIpc) is 2.27. The van der Waals surface area contributed by atoms with Crippen molar-refractivity contribution in [2.45, 2.75) is 26.3 Å². The summed E-state index contributed by atoms with van der Waals surface area (Å²) < 4.78 is 0.935. The molecule has 0 aliphatic carbocycles. The maximum atomic E-state index is 11.8. The molecule has 3 nitrogen and oxygen atoms in total. The van der Waals surface area contributed by atoms with Crippen LogP contribution in [0.5, 0.6) is 0 Å². The molecule has 88 valence electrons. The second-order valence-corrected chi connectivity index (χ2v) is 5.05. The summed E-state index contributed by atoms with van der Waals surface area (Å²) in [4.78, 5) is 4.43. The molecule has 0 saturated heterocycles. The molecular formula is C14H16N2O. The average molecular weight is 228 g/mol. The van der Waals surface area contributed by atoms with Crippen molar-refractivity contribution < 1.29 is 4.74 Å². The smallest absolute Gasteiger partial charge is 0.200 e. The van der Waals surface area contributed by atoms with Gasteiger partial charge in [0.25, 0.3) is 0 Å². The van der Waals surface area contributed by atoms with Crippen molar-refractivity contribution >= 4 is 17.1 Å². The Morgan fingerprint density at radius 3 is 2.53 bits per heavy atom. The molecule has 0 saturated carbocycles. The minimum atomic E-state index is -0.437. The molecule has 2 aromatic rings. The summed E-state index contributed by atoms with van der Waals surface area (Å²) >= 11 is 0. The van der Waals surface area contributed by atoms with Gasteiger partial charge in [0.15, 0.2) is 5.54 Å². The van der Waals surface area contributed by atoms with Gasteiger partial charge in [-0.2, -0.15) is 0 Å². The van der Waals surface area contributed by atoms with E-state index in [1.807, 2.05) is 57.2 Å². The van der Waals surface area contributed by atoms with Crippen molar-refractivity contribution in [1.82, 2.24) is 4.98 Å². The molecule has 1 aromatic heterocycles. The second-order valence-electron chi connectivity index (χ2n) is 5.05.